The normalized spacial score (nSPS) is 29.0. The minimum absolute atomic E-state index is 0.0387. The number of carbonyl (C=O) groups is 3. The standard InChI is InChI=1S/C22H29N5O4/c28-19-5-4-18(20(29)25-19)27-11-17-15(2-1-3-16(17)21(27)30)10-24-13-22-12-23-6-7-26(22)8-9-31-14-22/h1-3,18,23-24H,4-14H2,(H,25,28,29). The van der Waals surface area contributed by atoms with E-state index in [2.05, 4.69) is 20.9 Å². The van der Waals surface area contributed by atoms with Crippen LogP contribution in [-0.2, 0) is 27.4 Å². The zero-order valence-electron chi connectivity index (χ0n) is 17.6. The van der Waals surface area contributed by atoms with Crippen LogP contribution < -0.4 is 16.0 Å². The van der Waals surface area contributed by atoms with Gasteiger partial charge in [0.15, 0.2) is 0 Å². The number of hydrogen-bond acceptors (Lipinski definition) is 7. The first kappa shape index (κ1) is 20.6. The van der Waals surface area contributed by atoms with Crippen LogP contribution >= 0.6 is 0 Å². The van der Waals surface area contributed by atoms with Gasteiger partial charge in [-0.3, -0.25) is 24.6 Å². The molecule has 166 valence electrons. The maximum atomic E-state index is 13.0. The number of fused-ring (bicyclic) bond motifs is 2. The molecule has 0 aromatic heterocycles. The van der Waals surface area contributed by atoms with Gasteiger partial charge in [0.25, 0.3) is 5.91 Å². The van der Waals surface area contributed by atoms with E-state index in [1.54, 1.807) is 4.90 Å². The van der Waals surface area contributed by atoms with Crippen molar-refractivity contribution in [2.75, 3.05) is 45.9 Å². The lowest BCUT2D eigenvalue weighted by Gasteiger charge is -2.50. The third-order valence-corrected chi connectivity index (χ3v) is 7.01. The summed E-state index contributed by atoms with van der Waals surface area (Å²) in [6.45, 7) is 7.24. The lowest BCUT2D eigenvalue weighted by Crippen LogP contribution is -2.69. The second kappa shape index (κ2) is 8.31. The van der Waals surface area contributed by atoms with Crippen molar-refractivity contribution in [3.8, 4) is 0 Å². The van der Waals surface area contributed by atoms with Gasteiger partial charge in [0.05, 0.1) is 18.8 Å². The molecule has 0 saturated carbocycles. The number of piperidine rings is 1. The smallest absolute Gasteiger partial charge is 0.255 e. The summed E-state index contributed by atoms with van der Waals surface area (Å²) in [5, 5.41) is 9.45. The number of nitrogens with zero attached hydrogens (tertiary/aromatic N) is 2. The first-order valence-corrected chi connectivity index (χ1v) is 11.1. The van der Waals surface area contributed by atoms with E-state index in [-0.39, 0.29) is 29.7 Å². The number of carbonyl (C=O) groups excluding carboxylic acids is 3. The number of amides is 3. The number of piperazine rings is 1. The predicted octanol–water partition coefficient (Wildman–Crippen LogP) is -0.789. The van der Waals surface area contributed by atoms with Gasteiger partial charge in [-0.05, 0) is 23.6 Å². The SMILES string of the molecule is O=C1CCC(N2Cc3c(CNCC45CNCCN4CCOC5)cccc3C2=O)C(=O)N1. The molecule has 4 heterocycles. The summed E-state index contributed by atoms with van der Waals surface area (Å²) in [5.74, 6) is -0.778. The van der Waals surface area contributed by atoms with Crippen molar-refractivity contribution in [2.24, 2.45) is 0 Å². The second-order valence-corrected chi connectivity index (χ2v) is 8.89. The van der Waals surface area contributed by atoms with Gasteiger partial charge in [0, 0.05) is 57.8 Å². The van der Waals surface area contributed by atoms with Crippen molar-refractivity contribution in [2.45, 2.75) is 37.5 Å². The number of imide groups is 1. The molecular formula is C22H29N5O4. The Morgan fingerprint density at radius 1 is 1.23 bits per heavy atom. The molecule has 3 fully saturated rings. The third-order valence-electron chi connectivity index (χ3n) is 7.01. The molecule has 5 rings (SSSR count). The first-order chi connectivity index (χ1) is 15.1. The molecule has 2 atom stereocenters. The van der Waals surface area contributed by atoms with E-state index in [0.717, 1.165) is 50.5 Å². The number of hydrogen-bond donors (Lipinski definition) is 3. The maximum Gasteiger partial charge on any atom is 0.255 e. The molecule has 0 radical (unpaired) electrons. The van der Waals surface area contributed by atoms with Crippen LogP contribution in [0.4, 0.5) is 0 Å². The van der Waals surface area contributed by atoms with E-state index >= 15 is 0 Å². The van der Waals surface area contributed by atoms with Crippen molar-refractivity contribution in [3.05, 3.63) is 34.9 Å². The molecule has 9 heteroatoms. The Bertz CT molecular complexity index is 892. The molecule has 0 aliphatic carbocycles. The molecular weight excluding hydrogens is 398 g/mol. The molecule has 3 amide bonds. The van der Waals surface area contributed by atoms with Crippen molar-refractivity contribution in [1.82, 2.24) is 25.8 Å². The highest BCUT2D eigenvalue weighted by Gasteiger charge is 2.42. The summed E-state index contributed by atoms with van der Waals surface area (Å²) in [7, 11) is 0. The van der Waals surface area contributed by atoms with Gasteiger partial charge in [-0.25, -0.2) is 0 Å². The molecule has 1 aromatic carbocycles. The average Bonchev–Trinajstić information content (AvgIpc) is 3.11. The summed E-state index contributed by atoms with van der Waals surface area (Å²) >= 11 is 0. The van der Waals surface area contributed by atoms with Gasteiger partial charge in [0.1, 0.15) is 6.04 Å². The molecule has 0 bridgehead atoms. The van der Waals surface area contributed by atoms with Crippen LogP contribution in [0.25, 0.3) is 0 Å². The highest BCUT2D eigenvalue weighted by Crippen LogP contribution is 2.30. The lowest BCUT2D eigenvalue weighted by molar-refractivity contribution is -0.136. The van der Waals surface area contributed by atoms with E-state index in [0.29, 0.717) is 31.7 Å². The highest BCUT2D eigenvalue weighted by atomic mass is 16.5. The van der Waals surface area contributed by atoms with Crippen molar-refractivity contribution >= 4 is 17.7 Å². The summed E-state index contributed by atoms with van der Waals surface area (Å²) in [5.41, 5.74) is 2.66. The topological polar surface area (TPSA) is 103 Å². The second-order valence-electron chi connectivity index (χ2n) is 8.89. The van der Waals surface area contributed by atoms with Crippen LogP contribution in [0.5, 0.6) is 0 Å². The number of ether oxygens (including phenoxy) is 1. The fourth-order valence-corrected chi connectivity index (χ4v) is 5.28. The summed E-state index contributed by atoms with van der Waals surface area (Å²) in [4.78, 5) is 40.9. The number of morpholine rings is 1. The fraction of sp³-hybridized carbons (Fsp3) is 0.591. The molecule has 4 aliphatic rings. The largest absolute Gasteiger partial charge is 0.378 e. The molecule has 31 heavy (non-hydrogen) atoms. The Kier molecular flexibility index (Phi) is 5.51. The van der Waals surface area contributed by atoms with E-state index in [4.69, 9.17) is 4.74 Å². The Labute approximate surface area is 181 Å². The Morgan fingerprint density at radius 2 is 2.13 bits per heavy atom. The number of rotatable bonds is 5. The zero-order valence-corrected chi connectivity index (χ0v) is 17.6. The maximum absolute atomic E-state index is 13.0. The Hall–Kier alpha value is -2.33. The van der Waals surface area contributed by atoms with E-state index in [9.17, 15) is 14.4 Å². The summed E-state index contributed by atoms with van der Waals surface area (Å²) in [6, 6.07) is 5.18. The summed E-state index contributed by atoms with van der Waals surface area (Å²) in [6.07, 6.45) is 0.642. The molecule has 9 nitrogen and oxygen atoms in total. The minimum Gasteiger partial charge on any atom is -0.378 e. The molecule has 2 unspecified atom stereocenters. The van der Waals surface area contributed by atoms with Crippen LogP contribution in [0.3, 0.4) is 0 Å². The van der Waals surface area contributed by atoms with Crippen LogP contribution in [0.1, 0.15) is 34.3 Å². The van der Waals surface area contributed by atoms with Gasteiger partial charge in [-0.1, -0.05) is 12.1 Å². The fourth-order valence-electron chi connectivity index (χ4n) is 5.28. The molecule has 4 aliphatic heterocycles. The zero-order chi connectivity index (χ0) is 21.4. The van der Waals surface area contributed by atoms with Crippen molar-refractivity contribution in [3.63, 3.8) is 0 Å². The van der Waals surface area contributed by atoms with Gasteiger partial charge < -0.3 is 20.3 Å². The molecule has 3 saturated heterocycles. The van der Waals surface area contributed by atoms with Crippen molar-refractivity contribution < 1.29 is 19.1 Å². The predicted molar refractivity (Wildman–Crippen MR) is 112 cm³/mol. The monoisotopic (exact) mass is 427 g/mol. The number of benzene rings is 1. The molecule has 3 N–H and O–H groups in total. The number of nitrogens with one attached hydrogen (secondary N) is 3. The average molecular weight is 428 g/mol. The van der Waals surface area contributed by atoms with Gasteiger partial charge in [-0.2, -0.15) is 0 Å². The Balaban J connectivity index is 1.27. The van der Waals surface area contributed by atoms with Gasteiger partial charge in [-0.15, -0.1) is 0 Å². The quantitative estimate of drug-likeness (QED) is 0.530. The first-order valence-electron chi connectivity index (χ1n) is 11.1. The van der Waals surface area contributed by atoms with Crippen LogP contribution in [-0.4, -0.2) is 85.0 Å². The van der Waals surface area contributed by atoms with E-state index in [1.807, 2.05) is 18.2 Å². The summed E-state index contributed by atoms with van der Waals surface area (Å²) < 4.78 is 5.80. The van der Waals surface area contributed by atoms with Gasteiger partial charge >= 0.3 is 0 Å². The van der Waals surface area contributed by atoms with Crippen LogP contribution in [0, 0.1) is 0 Å². The minimum atomic E-state index is -0.585. The lowest BCUT2D eigenvalue weighted by atomic mass is 9.94. The van der Waals surface area contributed by atoms with Crippen LogP contribution in [0.2, 0.25) is 0 Å². The van der Waals surface area contributed by atoms with E-state index < -0.39 is 6.04 Å². The Morgan fingerprint density at radius 3 is 3.00 bits per heavy atom. The van der Waals surface area contributed by atoms with Gasteiger partial charge in [0.2, 0.25) is 11.8 Å². The van der Waals surface area contributed by atoms with E-state index in [1.165, 1.54) is 0 Å². The highest BCUT2D eigenvalue weighted by molar-refractivity contribution is 6.05. The molecule has 1 aromatic rings. The van der Waals surface area contributed by atoms with Crippen LogP contribution in [0.15, 0.2) is 18.2 Å². The molecule has 0 spiro atoms. The van der Waals surface area contributed by atoms with Crippen molar-refractivity contribution in [1.29, 1.82) is 0 Å². The third kappa shape index (κ3) is 3.76.